The summed E-state index contributed by atoms with van der Waals surface area (Å²) in [7, 11) is 0. The molecule has 0 aliphatic heterocycles. The third kappa shape index (κ3) is 4.84. The maximum Gasteiger partial charge on any atom is 0.412 e. The average molecular weight is 271 g/mol. The number of ether oxygens (including phenoxy) is 1. The van der Waals surface area contributed by atoms with E-state index in [9.17, 15) is 14.3 Å². The molecule has 19 heavy (non-hydrogen) atoms. The molecule has 106 valence electrons. The summed E-state index contributed by atoms with van der Waals surface area (Å²) in [6.45, 7) is 4.57. The number of hydrogen-bond donors (Lipinski definition) is 3. The molecule has 0 aliphatic carbocycles. The Labute approximate surface area is 111 Å². The predicted octanol–water partition coefficient (Wildman–Crippen LogP) is 2.20. The molecule has 1 rings (SSSR count). The third-order valence-corrected chi connectivity index (χ3v) is 2.18. The van der Waals surface area contributed by atoms with Gasteiger partial charge in [-0.15, -0.1) is 0 Å². The van der Waals surface area contributed by atoms with Gasteiger partial charge < -0.3 is 14.9 Å². The van der Waals surface area contributed by atoms with Gasteiger partial charge in [-0.1, -0.05) is 6.07 Å². The van der Waals surface area contributed by atoms with Gasteiger partial charge in [0.1, 0.15) is 17.5 Å². The van der Waals surface area contributed by atoms with Gasteiger partial charge in [0.2, 0.25) is 0 Å². The number of carbonyl (C=O) groups excluding carboxylic acids is 1. The average Bonchev–Trinajstić information content (AvgIpc) is 2.25. The Hall–Kier alpha value is -1.66. The number of carbonyl (C=O) groups is 1. The highest BCUT2D eigenvalue weighted by Gasteiger charge is 2.17. The van der Waals surface area contributed by atoms with Crippen LogP contribution in [0.2, 0.25) is 0 Å². The number of hydrogen-bond acceptors (Lipinski definition) is 4. The zero-order valence-corrected chi connectivity index (χ0v) is 11.1. The first kappa shape index (κ1) is 15.4. The second-order valence-electron chi connectivity index (χ2n) is 5.06. The zero-order valence-electron chi connectivity index (χ0n) is 11.1. The highest BCUT2D eigenvalue weighted by Crippen LogP contribution is 2.21. The van der Waals surface area contributed by atoms with Crippen molar-refractivity contribution in [2.24, 2.45) is 0 Å². The van der Waals surface area contributed by atoms with Crippen molar-refractivity contribution in [1.29, 1.82) is 0 Å². The molecule has 1 aromatic carbocycles. The minimum Gasteiger partial charge on any atom is -0.444 e. The summed E-state index contributed by atoms with van der Waals surface area (Å²) < 4.78 is 18.6. The van der Waals surface area contributed by atoms with Crippen LogP contribution in [0.25, 0.3) is 0 Å². The van der Waals surface area contributed by atoms with E-state index in [2.05, 4.69) is 5.32 Å². The molecule has 0 spiro atoms. The van der Waals surface area contributed by atoms with E-state index in [4.69, 9.17) is 9.84 Å². The molecule has 0 aliphatic rings. The Morgan fingerprint density at radius 1 is 1.47 bits per heavy atom. The fourth-order valence-electron chi connectivity index (χ4n) is 1.39. The maximum absolute atomic E-state index is 13.6. The molecule has 1 unspecified atom stereocenters. The number of nitrogens with one attached hydrogen (secondary N) is 1. The zero-order chi connectivity index (χ0) is 14.6. The first-order chi connectivity index (χ1) is 8.73. The Morgan fingerprint density at radius 3 is 2.58 bits per heavy atom. The second-order valence-corrected chi connectivity index (χ2v) is 5.06. The lowest BCUT2D eigenvalue weighted by molar-refractivity contribution is 0.0636. The van der Waals surface area contributed by atoms with Gasteiger partial charge in [0.05, 0.1) is 6.61 Å². The molecule has 1 aromatic rings. The van der Waals surface area contributed by atoms with Crippen LogP contribution < -0.4 is 5.32 Å². The minimum atomic E-state index is -1.28. The van der Waals surface area contributed by atoms with Crippen molar-refractivity contribution in [2.75, 3.05) is 11.9 Å². The van der Waals surface area contributed by atoms with Gasteiger partial charge in [0.25, 0.3) is 0 Å². The Kier molecular flexibility index (Phi) is 4.85. The van der Waals surface area contributed by atoms with E-state index in [0.29, 0.717) is 0 Å². The van der Waals surface area contributed by atoms with Crippen LogP contribution in [0.4, 0.5) is 14.9 Å². The first-order valence-corrected chi connectivity index (χ1v) is 5.81. The summed E-state index contributed by atoms with van der Waals surface area (Å²) in [5.74, 6) is -0.713. The lowest BCUT2D eigenvalue weighted by Crippen LogP contribution is -2.27. The van der Waals surface area contributed by atoms with Gasteiger partial charge >= 0.3 is 6.09 Å². The molecule has 0 saturated carbocycles. The molecular weight excluding hydrogens is 253 g/mol. The number of aliphatic hydroxyl groups excluding tert-OH is 2. The largest absolute Gasteiger partial charge is 0.444 e. The SMILES string of the molecule is CC(C)(C)OC(=O)Nc1ccc(C(O)CO)c(F)c1. The third-order valence-electron chi connectivity index (χ3n) is 2.18. The number of rotatable bonds is 3. The van der Waals surface area contributed by atoms with Crippen LogP contribution in [-0.4, -0.2) is 28.5 Å². The van der Waals surface area contributed by atoms with Gasteiger partial charge in [-0.05, 0) is 32.9 Å². The normalized spacial score (nSPS) is 12.9. The summed E-state index contributed by atoms with van der Waals surface area (Å²) in [6, 6.07) is 3.77. The van der Waals surface area contributed by atoms with E-state index in [-0.39, 0.29) is 11.3 Å². The van der Waals surface area contributed by atoms with Gasteiger partial charge in [0.15, 0.2) is 0 Å². The van der Waals surface area contributed by atoms with Crippen LogP contribution >= 0.6 is 0 Å². The summed E-state index contributed by atoms with van der Waals surface area (Å²) in [5, 5.41) is 20.5. The van der Waals surface area contributed by atoms with Gasteiger partial charge in [-0.3, -0.25) is 5.32 Å². The fourth-order valence-corrected chi connectivity index (χ4v) is 1.39. The van der Waals surface area contributed by atoms with Crippen molar-refractivity contribution in [3.63, 3.8) is 0 Å². The van der Waals surface area contributed by atoms with Crippen molar-refractivity contribution in [3.8, 4) is 0 Å². The lowest BCUT2D eigenvalue weighted by atomic mass is 10.1. The number of amides is 1. The molecule has 0 aromatic heterocycles. The topological polar surface area (TPSA) is 78.8 Å². The maximum atomic E-state index is 13.6. The first-order valence-electron chi connectivity index (χ1n) is 5.81. The predicted molar refractivity (Wildman–Crippen MR) is 68.3 cm³/mol. The lowest BCUT2D eigenvalue weighted by Gasteiger charge is -2.19. The summed E-state index contributed by atoms with van der Waals surface area (Å²) in [4.78, 5) is 11.5. The molecule has 1 atom stereocenters. The van der Waals surface area contributed by atoms with Gasteiger partial charge in [-0.2, -0.15) is 0 Å². The van der Waals surface area contributed by atoms with Crippen molar-refractivity contribution in [3.05, 3.63) is 29.6 Å². The Bertz CT molecular complexity index is 456. The summed E-state index contributed by atoms with van der Waals surface area (Å²) >= 11 is 0. The van der Waals surface area contributed by atoms with Crippen molar-refractivity contribution in [2.45, 2.75) is 32.5 Å². The van der Waals surface area contributed by atoms with E-state index in [0.717, 1.165) is 6.07 Å². The fraction of sp³-hybridized carbons (Fsp3) is 0.462. The van der Waals surface area contributed by atoms with Crippen LogP contribution in [0.15, 0.2) is 18.2 Å². The van der Waals surface area contributed by atoms with E-state index in [1.807, 2.05) is 0 Å². The molecule has 0 bridgehead atoms. The summed E-state index contributed by atoms with van der Waals surface area (Å²) in [6.07, 6.45) is -1.97. The quantitative estimate of drug-likeness (QED) is 0.787. The molecule has 0 fully saturated rings. The second kappa shape index (κ2) is 5.99. The smallest absolute Gasteiger partial charge is 0.412 e. The highest BCUT2D eigenvalue weighted by molar-refractivity contribution is 5.84. The molecular formula is C13H18FNO4. The van der Waals surface area contributed by atoms with Crippen LogP contribution in [0.1, 0.15) is 32.4 Å². The van der Waals surface area contributed by atoms with Crippen LogP contribution in [0.5, 0.6) is 0 Å². The van der Waals surface area contributed by atoms with Crippen LogP contribution in [0.3, 0.4) is 0 Å². The molecule has 0 saturated heterocycles. The molecule has 0 heterocycles. The Morgan fingerprint density at radius 2 is 2.11 bits per heavy atom. The molecule has 0 radical (unpaired) electrons. The van der Waals surface area contributed by atoms with Crippen molar-refractivity contribution in [1.82, 2.24) is 0 Å². The highest BCUT2D eigenvalue weighted by atomic mass is 19.1. The van der Waals surface area contributed by atoms with E-state index < -0.39 is 30.2 Å². The van der Waals surface area contributed by atoms with Crippen molar-refractivity contribution < 1.29 is 24.1 Å². The van der Waals surface area contributed by atoms with E-state index >= 15 is 0 Å². The monoisotopic (exact) mass is 271 g/mol. The number of benzene rings is 1. The van der Waals surface area contributed by atoms with Gasteiger partial charge in [-0.25, -0.2) is 9.18 Å². The minimum absolute atomic E-state index is 0.0303. The standard InChI is InChI=1S/C13H18FNO4/c1-13(2,3)19-12(18)15-8-4-5-9(10(14)6-8)11(17)7-16/h4-6,11,16-17H,7H2,1-3H3,(H,15,18). The van der Waals surface area contributed by atoms with Crippen LogP contribution in [-0.2, 0) is 4.74 Å². The molecule has 5 nitrogen and oxygen atoms in total. The number of aliphatic hydroxyl groups is 2. The molecule has 3 N–H and O–H groups in total. The number of anilines is 1. The molecule has 6 heteroatoms. The van der Waals surface area contributed by atoms with Gasteiger partial charge in [0, 0.05) is 11.3 Å². The number of halogens is 1. The van der Waals surface area contributed by atoms with E-state index in [1.165, 1.54) is 12.1 Å². The van der Waals surface area contributed by atoms with E-state index in [1.54, 1.807) is 20.8 Å². The Balaban J connectivity index is 2.76. The van der Waals surface area contributed by atoms with Crippen LogP contribution in [0, 0.1) is 5.82 Å². The molecule has 1 amide bonds. The summed E-state index contributed by atoms with van der Waals surface area (Å²) in [5.41, 5.74) is -0.465. The van der Waals surface area contributed by atoms with Crippen molar-refractivity contribution >= 4 is 11.8 Å².